The molecule has 2 N–H and O–H groups in total. The molecule has 1 aliphatic heterocycles. The number of hydrogen-bond donors (Lipinski definition) is 2. The molecule has 1 amide bonds. The molecule has 192 valence electrons. The number of aliphatic hydroxyl groups is 1. The van der Waals surface area contributed by atoms with Crippen LogP contribution in [0.15, 0.2) is 78.2 Å². The Balaban J connectivity index is 1.55. The zero-order valence-corrected chi connectivity index (χ0v) is 21.4. The summed E-state index contributed by atoms with van der Waals surface area (Å²) < 4.78 is 1.74. The lowest BCUT2D eigenvalue weighted by molar-refractivity contribution is -0.130. The molecular formula is C31H30N4O3. The van der Waals surface area contributed by atoms with Gasteiger partial charge in [0.05, 0.1) is 12.3 Å². The number of benzene rings is 2. The molecule has 3 heterocycles. The number of nitrogens with zero attached hydrogens (tertiary/aromatic N) is 3. The maximum atomic E-state index is 14.1. The molecule has 7 heteroatoms. The second-order valence-corrected chi connectivity index (χ2v) is 10.1. The number of carbonyl (C=O) groups excluding carboxylic acids is 1. The summed E-state index contributed by atoms with van der Waals surface area (Å²) in [5.41, 5.74) is 5.04. The molecule has 2 aromatic heterocycles. The maximum Gasteiger partial charge on any atom is 0.263 e. The molecule has 4 aromatic rings. The van der Waals surface area contributed by atoms with Gasteiger partial charge in [0.1, 0.15) is 5.82 Å². The smallest absolute Gasteiger partial charge is 0.263 e. The lowest BCUT2D eigenvalue weighted by Crippen LogP contribution is -2.49. The summed E-state index contributed by atoms with van der Waals surface area (Å²) in [6.07, 6.45) is 5.42. The van der Waals surface area contributed by atoms with Gasteiger partial charge in [-0.3, -0.25) is 14.2 Å². The fraction of sp³-hybridized carbons (Fsp3) is 0.258. The number of amides is 1. The predicted molar refractivity (Wildman–Crippen MR) is 150 cm³/mol. The van der Waals surface area contributed by atoms with E-state index in [-0.39, 0.29) is 24.0 Å². The van der Waals surface area contributed by atoms with Gasteiger partial charge in [-0.15, -0.1) is 0 Å². The van der Waals surface area contributed by atoms with Crippen LogP contribution in [0.5, 0.6) is 0 Å². The Morgan fingerprint density at radius 1 is 1.13 bits per heavy atom. The van der Waals surface area contributed by atoms with Gasteiger partial charge in [0.15, 0.2) is 0 Å². The van der Waals surface area contributed by atoms with Crippen LogP contribution in [-0.2, 0) is 11.4 Å². The van der Waals surface area contributed by atoms with Crippen molar-refractivity contribution in [2.24, 2.45) is 0 Å². The SMILES string of the molecule is C=CC(=O)N1CC(c2cc3cc(C4CC4)ccc3c(=O)n2-c2cccc(-c3ccnc(NC)c3)c2CO)C1. The van der Waals surface area contributed by atoms with Gasteiger partial charge in [-0.1, -0.05) is 30.8 Å². The standard InChI is InChI=1S/C31H30N4O3/c1-3-30(37)34-16-23(17-34)28-14-22-13-20(19-7-8-19)9-10-25(22)31(38)35(28)27-6-4-5-24(26(27)18-36)21-11-12-33-29(15-21)32-2/h3-6,9-15,19,23,36H,1,7-8,16-18H2,2H3,(H,32,33). The minimum Gasteiger partial charge on any atom is -0.392 e. The average Bonchev–Trinajstić information content (AvgIpc) is 3.77. The van der Waals surface area contributed by atoms with E-state index in [1.807, 2.05) is 43.4 Å². The highest BCUT2D eigenvalue weighted by atomic mass is 16.3. The van der Waals surface area contributed by atoms with Crippen LogP contribution < -0.4 is 10.9 Å². The van der Waals surface area contributed by atoms with Crippen LogP contribution in [0.3, 0.4) is 0 Å². The van der Waals surface area contributed by atoms with Crippen molar-refractivity contribution in [3.05, 3.63) is 101 Å². The van der Waals surface area contributed by atoms with Gasteiger partial charge in [0, 0.05) is 48.9 Å². The highest BCUT2D eigenvalue weighted by Gasteiger charge is 2.34. The van der Waals surface area contributed by atoms with Crippen LogP contribution in [0, 0.1) is 0 Å². The molecule has 7 nitrogen and oxygen atoms in total. The second-order valence-electron chi connectivity index (χ2n) is 10.1. The van der Waals surface area contributed by atoms with Gasteiger partial charge in [-0.25, -0.2) is 4.98 Å². The Bertz CT molecular complexity index is 1630. The van der Waals surface area contributed by atoms with Crippen LogP contribution in [0.2, 0.25) is 0 Å². The zero-order valence-electron chi connectivity index (χ0n) is 21.4. The third kappa shape index (κ3) is 4.09. The van der Waals surface area contributed by atoms with E-state index in [1.54, 1.807) is 15.7 Å². The molecule has 2 aliphatic rings. The van der Waals surface area contributed by atoms with Crippen molar-refractivity contribution in [1.82, 2.24) is 14.5 Å². The number of fused-ring (bicyclic) bond motifs is 1. The Morgan fingerprint density at radius 2 is 1.95 bits per heavy atom. The molecule has 0 bridgehead atoms. The first-order valence-corrected chi connectivity index (χ1v) is 13.0. The van der Waals surface area contributed by atoms with Gasteiger partial charge >= 0.3 is 0 Å². The number of carbonyl (C=O) groups is 1. The molecule has 1 saturated carbocycles. The normalized spacial score (nSPS) is 15.4. The Morgan fingerprint density at radius 3 is 2.66 bits per heavy atom. The summed E-state index contributed by atoms with van der Waals surface area (Å²) in [6, 6.07) is 17.8. The molecule has 0 atom stereocenters. The van der Waals surface area contributed by atoms with E-state index in [9.17, 15) is 14.7 Å². The van der Waals surface area contributed by atoms with Gasteiger partial charge in [0.2, 0.25) is 5.91 Å². The number of aromatic nitrogens is 2. The summed E-state index contributed by atoms with van der Waals surface area (Å²) in [5.74, 6) is 1.18. The number of pyridine rings is 2. The summed E-state index contributed by atoms with van der Waals surface area (Å²) in [7, 11) is 1.81. The van der Waals surface area contributed by atoms with Crippen molar-refractivity contribution in [1.29, 1.82) is 0 Å². The molecule has 6 rings (SSSR count). The highest BCUT2D eigenvalue weighted by molar-refractivity contribution is 5.88. The molecule has 0 spiro atoms. The second kappa shape index (κ2) is 9.58. The molecule has 1 saturated heterocycles. The topological polar surface area (TPSA) is 87.5 Å². The summed E-state index contributed by atoms with van der Waals surface area (Å²) in [5, 5.41) is 15.2. The number of rotatable bonds is 7. The molecule has 0 radical (unpaired) electrons. The average molecular weight is 507 g/mol. The monoisotopic (exact) mass is 506 g/mol. The summed E-state index contributed by atoms with van der Waals surface area (Å²) in [4.78, 5) is 32.4. The van der Waals surface area contributed by atoms with Gasteiger partial charge < -0.3 is 15.3 Å². The Hall–Kier alpha value is -4.23. The van der Waals surface area contributed by atoms with E-state index >= 15 is 0 Å². The lowest BCUT2D eigenvalue weighted by Gasteiger charge is -2.40. The van der Waals surface area contributed by atoms with E-state index in [0.29, 0.717) is 41.5 Å². The minimum atomic E-state index is -0.237. The maximum absolute atomic E-state index is 14.1. The molecule has 2 aromatic carbocycles. The van der Waals surface area contributed by atoms with Crippen molar-refractivity contribution >= 4 is 22.5 Å². The molecule has 2 fully saturated rings. The van der Waals surface area contributed by atoms with Crippen LogP contribution in [0.1, 0.15) is 41.5 Å². The van der Waals surface area contributed by atoms with Crippen molar-refractivity contribution in [2.75, 3.05) is 25.5 Å². The summed E-state index contributed by atoms with van der Waals surface area (Å²) in [6.45, 7) is 4.40. The fourth-order valence-corrected chi connectivity index (χ4v) is 5.51. The van der Waals surface area contributed by atoms with Gasteiger partial charge in [-0.2, -0.15) is 0 Å². The number of nitrogens with one attached hydrogen (secondary N) is 1. The number of hydrogen-bond acceptors (Lipinski definition) is 5. The third-order valence-electron chi connectivity index (χ3n) is 7.78. The Kier molecular flexibility index (Phi) is 6.08. The first-order valence-electron chi connectivity index (χ1n) is 13.0. The van der Waals surface area contributed by atoms with Crippen LogP contribution in [0.4, 0.5) is 5.82 Å². The fourth-order valence-electron chi connectivity index (χ4n) is 5.51. The van der Waals surface area contributed by atoms with Gasteiger partial charge in [-0.05, 0) is 77.2 Å². The predicted octanol–water partition coefficient (Wildman–Crippen LogP) is 4.58. The number of likely N-dealkylation sites (tertiary alicyclic amines) is 1. The Labute approximate surface area is 221 Å². The lowest BCUT2D eigenvalue weighted by atomic mass is 9.92. The largest absolute Gasteiger partial charge is 0.392 e. The van der Waals surface area contributed by atoms with E-state index in [0.717, 1.165) is 22.2 Å². The van der Waals surface area contributed by atoms with E-state index in [4.69, 9.17) is 0 Å². The molecule has 38 heavy (non-hydrogen) atoms. The minimum absolute atomic E-state index is 0.00685. The molecular weight excluding hydrogens is 476 g/mol. The molecule has 0 unspecified atom stereocenters. The van der Waals surface area contributed by atoms with Crippen LogP contribution in [0.25, 0.3) is 27.6 Å². The van der Waals surface area contributed by atoms with Crippen molar-refractivity contribution in [3.63, 3.8) is 0 Å². The van der Waals surface area contributed by atoms with Gasteiger partial charge in [0.25, 0.3) is 5.56 Å². The molecule has 1 aliphatic carbocycles. The van der Waals surface area contributed by atoms with E-state index in [2.05, 4.69) is 35.1 Å². The highest BCUT2D eigenvalue weighted by Crippen LogP contribution is 2.41. The van der Waals surface area contributed by atoms with E-state index in [1.165, 1.54) is 24.5 Å². The first kappa shape index (κ1) is 24.1. The quantitative estimate of drug-likeness (QED) is 0.359. The number of anilines is 1. The van der Waals surface area contributed by atoms with E-state index < -0.39 is 0 Å². The van der Waals surface area contributed by atoms with Crippen molar-refractivity contribution < 1.29 is 9.90 Å². The zero-order chi connectivity index (χ0) is 26.4. The van der Waals surface area contributed by atoms with Crippen molar-refractivity contribution in [3.8, 4) is 16.8 Å². The summed E-state index contributed by atoms with van der Waals surface area (Å²) >= 11 is 0. The van der Waals surface area contributed by atoms with Crippen LogP contribution >= 0.6 is 0 Å². The third-order valence-corrected chi connectivity index (χ3v) is 7.78. The number of aliphatic hydroxyl groups excluding tert-OH is 1. The first-order chi connectivity index (χ1) is 18.5. The van der Waals surface area contributed by atoms with Crippen molar-refractivity contribution in [2.45, 2.75) is 31.3 Å². The van der Waals surface area contributed by atoms with Crippen LogP contribution in [-0.4, -0.2) is 45.6 Å².